The van der Waals surface area contributed by atoms with Gasteiger partial charge in [-0.2, -0.15) is 0 Å². The van der Waals surface area contributed by atoms with Crippen LogP contribution in [0.5, 0.6) is 0 Å². The van der Waals surface area contributed by atoms with Crippen LogP contribution in [0.25, 0.3) is 0 Å². The molecule has 0 aliphatic rings. The third-order valence-corrected chi connectivity index (χ3v) is 4.24. The lowest BCUT2D eigenvalue weighted by Crippen LogP contribution is -2.26. The first kappa shape index (κ1) is 15.7. The number of amides is 1. The second kappa shape index (κ2) is 6.82. The minimum atomic E-state index is -1.04. The van der Waals surface area contributed by atoms with Crippen molar-refractivity contribution >= 4 is 39.1 Å². The maximum atomic E-state index is 12.1. The summed E-state index contributed by atoms with van der Waals surface area (Å²) in [5.74, 6) is -1.19. The smallest absolute Gasteiger partial charge is 0.355 e. The van der Waals surface area contributed by atoms with Crippen molar-refractivity contribution in [2.75, 3.05) is 6.54 Å². The summed E-state index contributed by atoms with van der Waals surface area (Å²) in [6, 6.07) is 5.53. The summed E-state index contributed by atoms with van der Waals surface area (Å²) in [4.78, 5) is 26.8. The van der Waals surface area contributed by atoms with E-state index in [1.165, 1.54) is 16.7 Å². The van der Waals surface area contributed by atoms with Gasteiger partial charge in [-0.25, -0.2) is 9.78 Å². The van der Waals surface area contributed by atoms with Crippen LogP contribution in [0, 0.1) is 6.92 Å². The second-order valence-corrected chi connectivity index (χ2v) is 6.26. The van der Waals surface area contributed by atoms with Crippen LogP contribution in [0.4, 0.5) is 0 Å². The Bertz CT molecular complexity index is 685. The topological polar surface area (TPSA) is 79.3 Å². The zero-order valence-corrected chi connectivity index (χ0v) is 13.6. The van der Waals surface area contributed by atoms with E-state index in [4.69, 9.17) is 5.11 Å². The fourth-order valence-electron chi connectivity index (χ4n) is 1.74. The van der Waals surface area contributed by atoms with Crippen molar-refractivity contribution in [1.82, 2.24) is 10.3 Å². The van der Waals surface area contributed by atoms with Gasteiger partial charge in [0.25, 0.3) is 5.91 Å². The molecule has 0 fully saturated rings. The molecule has 0 radical (unpaired) electrons. The lowest BCUT2D eigenvalue weighted by molar-refractivity contribution is 0.0690. The van der Waals surface area contributed by atoms with Gasteiger partial charge < -0.3 is 10.4 Å². The molecular weight excluding hydrogens is 356 g/mol. The molecule has 0 unspecified atom stereocenters. The molecule has 0 aliphatic heterocycles. The van der Waals surface area contributed by atoms with Crippen LogP contribution in [0.3, 0.4) is 0 Å². The van der Waals surface area contributed by atoms with Crippen molar-refractivity contribution in [2.45, 2.75) is 13.3 Å². The Balaban J connectivity index is 1.92. The standard InChI is InChI=1S/C14H13BrN2O3S/c1-8-2-3-9(15)6-10(8)13(18)16-5-4-12-17-11(7-21-12)14(19)20/h2-3,6-7H,4-5H2,1H3,(H,16,18)(H,19,20). The Morgan fingerprint density at radius 2 is 2.19 bits per heavy atom. The number of hydrogen-bond donors (Lipinski definition) is 2. The van der Waals surface area contributed by atoms with Gasteiger partial charge in [-0.3, -0.25) is 4.79 Å². The van der Waals surface area contributed by atoms with Gasteiger partial charge in [0.15, 0.2) is 5.69 Å². The average Bonchev–Trinajstić information content (AvgIpc) is 2.90. The molecule has 1 aromatic carbocycles. The number of carboxylic acid groups (broad SMARTS) is 1. The highest BCUT2D eigenvalue weighted by molar-refractivity contribution is 9.10. The monoisotopic (exact) mass is 368 g/mol. The van der Waals surface area contributed by atoms with Crippen LogP contribution in [-0.2, 0) is 6.42 Å². The van der Waals surface area contributed by atoms with Gasteiger partial charge in [0.05, 0.1) is 5.01 Å². The molecule has 5 nitrogen and oxygen atoms in total. The van der Waals surface area contributed by atoms with Gasteiger partial charge >= 0.3 is 5.97 Å². The molecule has 110 valence electrons. The van der Waals surface area contributed by atoms with E-state index in [1.54, 1.807) is 6.07 Å². The molecule has 21 heavy (non-hydrogen) atoms. The average molecular weight is 369 g/mol. The zero-order chi connectivity index (χ0) is 15.4. The molecule has 0 spiro atoms. The first-order valence-corrected chi connectivity index (χ1v) is 7.86. The Morgan fingerprint density at radius 1 is 1.43 bits per heavy atom. The molecule has 0 aliphatic carbocycles. The maximum Gasteiger partial charge on any atom is 0.355 e. The quantitative estimate of drug-likeness (QED) is 0.850. The summed E-state index contributed by atoms with van der Waals surface area (Å²) >= 11 is 4.62. The van der Waals surface area contributed by atoms with Crippen LogP contribution in [0.15, 0.2) is 28.1 Å². The van der Waals surface area contributed by atoms with Crippen molar-refractivity contribution in [2.24, 2.45) is 0 Å². The lowest BCUT2D eigenvalue weighted by Gasteiger charge is -2.07. The molecule has 2 aromatic rings. The SMILES string of the molecule is Cc1ccc(Br)cc1C(=O)NCCc1nc(C(=O)O)cs1. The van der Waals surface area contributed by atoms with Crippen LogP contribution in [0.2, 0.25) is 0 Å². The highest BCUT2D eigenvalue weighted by atomic mass is 79.9. The Hall–Kier alpha value is -1.73. The number of thiazole rings is 1. The molecule has 0 saturated heterocycles. The molecule has 1 heterocycles. The minimum absolute atomic E-state index is 0.0455. The number of hydrogen-bond acceptors (Lipinski definition) is 4. The second-order valence-electron chi connectivity index (χ2n) is 4.40. The molecule has 2 N–H and O–H groups in total. The zero-order valence-electron chi connectivity index (χ0n) is 11.2. The van der Waals surface area contributed by atoms with Gasteiger partial charge in [0, 0.05) is 28.4 Å². The number of benzene rings is 1. The van der Waals surface area contributed by atoms with E-state index >= 15 is 0 Å². The molecule has 1 aromatic heterocycles. The van der Waals surface area contributed by atoms with Crippen LogP contribution in [-0.4, -0.2) is 28.5 Å². The van der Waals surface area contributed by atoms with Crippen molar-refractivity contribution in [3.63, 3.8) is 0 Å². The summed E-state index contributed by atoms with van der Waals surface area (Å²) in [5.41, 5.74) is 1.57. The molecule has 0 atom stereocenters. The maximum absolute atomic E-state index is 12.1. The van der Waals surface area contributed by atoms with E-state index < -0.39 is 5.97 Å². The molecule has 7 heteroatoms. The van der Waals surface area contributed by atoms with Crippen LogP contribution in [0.1, 0.15) is 31.4 Å². The molecule has 0 bridgehead atoms. The molecule has 0 saturated carbocycles. The molecule has 1 amide bonds. The number of aryl methyl sites for hydroxylation is 1. The van der Waals surface area contributed by atoms with Gasteiger partial charge in [-0.1, -0.05) is 22.0 Å². The number of aromatic carboxylic acids is 1. The highest BCUT2D eigenvalue weighted by Crippen LogP contribution is 2.16. The van der Waals surface area contributed by atoms with E-state index in [0.29, 0.717) is 23.5 Å². The summed E-state index contributed by atoms with van der Waals surface area (Å²) in [6.07, 6.45) is 0.511. The lowest BCUT2D eigenvalue weighted by atomic mass is 10.1. The predicted octanol–water partition coefficient (Wildman–Crippen LogP) is 2.88. The third kappa shape index (κ3) is 4.12. The Kier molecular flexibility index (Phi) is 5.08. The summed E-state index contributed by atoms with van der Waals surface area (Å²) in [6.45, 7) is 2.29. The van der Waals surface area contributed by atoms with E-state index in [-0.39, 0.29) is 11.6 Å². The first-order valence-electron chi connectivity index (χ1n) is 6.19. The van der Waals surface area contributed by atoms with E-state index in [9.17, 15) is 9.59 Å². The largest absolute Gasteiger partial charge is 0.476 e. The van der Waals surface area contributed by atoms with Gasteiger partial charge in [-0.15, -0.1) is 11.3 Å². The van der Waals surface area contributed by atoms with Crippen molar-refractivity contribution in [3.05, 3.63) is 49.9 Å². The van der Waals surface area contributed by atoms with Crippen molar-refractivity contribution < 1.29 is 14.7 Å². The number of aromatic nitrogens is 1. The summed E-state index contributed by atoms with van der Waals surface area (Å²) in [7, 11) is 0. The summed E-state index contributed by atoms with van der Waals surface area (Å²) < 4.78 is 0.851. The van der Waals surface area contributed by atoms with Crippen molar-refractivity contribution in [1.29, 1.82) is 0 Å². The Morgan fingerprint density at radius 3 is 2.86 bits per heavy atom. The minimum Gasteiger partial charge on any atom is -0.476 e. The third-order valence-electron chi connectivity index (χ3n) is 2.84. The van der Waals surface area contributed by atoms with E-state index in [0.717, 1.165) is 10.0 Å². The first-order chi connectivity index (χ1) is 9.97. The van der Waals surface area contributed by atoms with E-state index in [2.05, 4.69) is 26.2 Å². The number of rotatable bonds is 5. The predicted molar refractivity (Wildman–Crippen MR) is 84.0 cm³/mol. The number of carbonyl (C=O) groups excluding carboxylic acids is 1. The van der Waals surface area contributed by atoms with E-state index in [1.807, 2.05) is 19.1 Å². The van der Waals surface area contributed by atoms with Crippen LogP contribution >= 0.6 is 27.3 Å². The highest BCUT2D eigenvalue weighted by Gasteiger charge is 2.11. The number of halogens is 1. The normalized spacial score (nSPS) is 10.4. The fourth-order valence-corrected chi connectivity index (χ4v) is 2.87. The fraction of sp³-hybridized carbons (Fsp3) is 0.214. The number of nitrogens with one attached hydrogen (secondary N) is 1. The van der Waals surface area contributed by atoms with Gasteiger partial charge in [0.1, 0.15) is 0 Å². The molecule has 2 rings (SSSR count). The Labute approximate surface area is 134 Å². The van der Waals surface area contributed by atoms with Gasteiger partial charge in [-0.05, 0) is 24.6 Å². The number of carboxylic acids is 1. The number of carbonyl (C=O) groups is 2. The molecular formula is C14H13BrN2O3S. The number of nitrogens with zero attached hydrogens (tertiary/aromatic N) is 1. The van der Waals surface area contributed by atoms with Crippen LogP contribution < -0.4 is 5.32 Å². The van der Waals surface area contributed by atoms with Crippen molar-refractivity contribution in [3.8, 4) is 0 Å². The summed E-state index contributed by atoms with van der Waals surface area (Å²) in [5, 5.41) is 13.8. The van der Waals surface area contributed by atoms with Gasteiger partial charge in [0.2, 0.25) is 0 Å².